The zero-order valence-electron chi connectivity index (χ0n) is 20.0. The van der Waals surface area contributed by atoms with Gasteiger partial charge in [-0.1, -0.05) is 23.2 Å². The Morgan fingerprint density at radius 1 is 1.00 bits per heavy atom. The van der Waals surface area contributed by atoms with Crippen molar-refractivity contribution >= 4 is 45.9 Å². The largest absolute Gasteiger partial charge is 0.573 e. The lowest BCUT2D eigenvalue weighted by atomic mass is 10.0. The number of carbonyl (C=O) groups excluding carboxylic acids is 1. The summed E-state index contributed by atoms with van der Waals surface area (Å²) in [6.45, 7) is 3.09. The van der Waals surface area contributed by atoms with Gasteiger partial charge in [-0.15, -0.1) is 13.2 Å². The molecule has 0 amide bonds. The highest BCUT2D eigenvalue weighted by Gasteiger charge is 2.32. The van der Waals surface area contributed by atoms with Crippen LogP contribution < -0.4 is 9.47 Å². The van der Waals surface area contributed by atoms with Crippen molar-refractivity contribution in [2.24, 2.45) is 0 Å². The number of aromatic nitrogens is 1. The molecule has 4 aromatic rings. The van der Waals surface area contributed by atoms with E-state index in [0.29, 0.717) is 43.3 Å². The van der Waals surface area contributed by atoms with Crippen molar-refractivity contribution in [3.63, 3.8) is 0 Å². The fourth-order valence-electron chi connectivity index (χ4n) is 4.06. The summed E-state index contributed by atoms with van der Waals surface area (Å²) in [5, 5.41) is 10.3. The SMILES string of the molecule is Cc1c(C(=O)c2ccc(Cl)cc2)c2ccc(OC(F)(F)F)cc2n1Cc1cc(O[C@H](C)C(=O)O)ccc1Cl. The van der Waals surface area contributed by atoms with E-state index in [0.717, 1.165) is 6.07 Å². The summed E-state index contributed by atoms with van der Waals surface area (Å²) >= 11 is 12.4. The smallest absolute Gasteiger partial charge is 0.479 e. The maximum Gasteiger partial charge on any atom is 0.573 e. The number of benzene rings is 3. The first-order valence-electron chi connectivity index (χ1n) is 11.2. The van der Waals surface area contributed by atoms with E-state index in [9.17, 15) is 22.8 Å². The normalized spacial score (nSPS) is 12.4. The Morgan fingerprint density at radius 3 is 2.29 bits per heavy atom. The Labute approximate surface area is 225 Å². The molecule has 3 aromatic carbocycles. The molecule has 0 aliphatic carbocycles. The molecule has 4 rings (SSSR count). The molecule has 0 saturated heterocycles. The molecular weight excluding hydrogens is 546 g/mol. The van der Waals surface area contributed by atoms with Crippen LogP contribution in [0.4, 0.5) is 13.2 Å². The Balaban J connectivity index is 1.85. The second-order valence-corrected chi connectivity index (χ2v) is 9.30. The second kappa shape index (κ2) is 10.6. The summed E-state index contributed by atoms with van der Waals surface area (Å²) in [7, 11) is 0. The van der Waals surface area contributed by atoms with Gasteiger partial charge in [0.2, 0.25) is 0 Å². The minimum Gasteiger partial charge on any atom is -0.479 e. The summed E-state index contributed by atoms with van der Waals surface area (Å²) in [6, 6.07) is 14.6. The number of ketones is 1. The van der Waals surface area contributed by atoms with Gasteiger partial charge in [-0.3, -0.25) is 4.79 Å². The molecule has 0 fully saturated rings. The van der Waals surface area contributed by atoms with Crippen molar-refractivity contribution in [2.45, 2.75) is 32.9 Å². The van der Waals surface area contributed by atoms with Gasteiger partial charge in [-0.2, -0.15) is 0 Å². The van der Waals surface area contributed by atoms with Gasteiger partial charge in [0.15, 0.2) is 11.9 Å². The Kier molecular flexibility index (Phi) is 7.62. The number of rotatable bonds is 8. The van der Waals surface area contributed by atoms with E-state index in [-0.39, 0.29) is 18.1 Å². The van der Waals surface area contributed by atoms with Crippen LogP contribution in [0.1, 0.15) is 34.1 Å². The average Bonchev–Trinajstić information content (AvgIpc) is 3.10. The molecule has 0 radical (unpaired) electrons. The van der Waals surface area contributed by atoms with E-state index in [4.69, 9.17) is 33.0 Å². The molecule has 1 N–H and O–H groups in total. The fraction of sp³-hybridized carbons (Fsp3) is 0.185. The standard InChI is InChI=1S/C27H20Cl2F3NO5/c1-14-24(25(34)16-3-5-18(28)6-4-16)21-9-7-20(38-27(30,31)32)12-23(21)33(14)13-17-11-19(8-10-22(17)29)37-15(2)26(35)36/h3-12,15H,13H2,1-2H3,(H,35,36)/t15-/m1/s1. The summed E-state index contributed by atoms with van der Waals surface area (Å²) in [5.74, 6) is -1.71. The Morgan fingerprint density at radius 2 is 1.66 bits per heavy atom. The highest BCUT2D eigenvalue weighted by molar-refractivity contribution is 6.31. The van der Waals surface area contributed by atoms with Crippen molar-refractivity contribution in [2.75, 3.05) is 0 Å². The molecule has 1 aromatic heterocycles. The maximum atomic E-state index is 13.5. The number of hydrogen-bond donors (Lipinski definition) is 1. The summed E-state index contributed by atoms with van der Waals surface area (Å²) in [4.78, 5) is 24.7. The lowest BCUT2D eigenvalue weighted by molar-refractivity contribution is -0.274. The first-order valence-corrected chi connectivity index (χ1v) is 12.0. The molecule has 1 heterocycles. The molecule has 1 atom stereocenters. The van der Waals surface area contributed by atoms with Crippen molar-refractivity contribution < 1.29 is 37.3 Å². The van der Waals surface area contributed by atoms with Gasteiger partial charge < -0.3 is 19.1 Å². The van der Waals surface area contributed by atoms with E-state index in [1.165, 1.54) is 31.2 Å². The van der Waals surface area contributed by atoms with E-state index in [1.54, 1.807) is 41.8 Å². The highest BCUT2D eigenvalue weighted by atomic mass is 35.5. The quantitative estimate of drug-likeness (QED) is 0.227. The molecule has 0 aliphatic rings. The van der Waals surface area contributed by atoms with Crippen LogP contribution in [0.2, 0.25) is 10.0 Å². The third-order valence-electron chi connectivity index (χ3n) is 5.87. The third kappa shape index (κ3) is 5.89. The molecular formula is C27H20Cl2F3NO5. The van der Waals surface area contributed by atoms with Gasteiger partial charge in [-0.05, 0) is 74.0 Å². The molecule has 11 heteroatoms. The van der Waals surface area contributed by atoms with Crippen molar-refractivity contribution in [1.82, 2.24) is 4.57 Å². The second-order valence-electron chi connectivity index (χ2n) is 8.46. The number of carbonyl (C=O) groups is 2. The van der Waals surface area contributed by atoms with Gasteiger partial charge in [0.1, 0.15) is 11.5 Å². The topological polar surface area (TPSA) is 77.8 Å². The molecule has 0 unspecified atom stereocenters. The van der Waals surface area contributed by atoms with Crippen LogP contribution in [0.5, 0.6) is 11.5 Å². The number of halogens is 5. The number of fused-ring (bicyclic) bond motifs is 1. The number of aliphatic carboxylic acids is 1. The molecule has 0 spiro atoms. The number of ether oxygens (including phenoxy) is 2. The third-order valence-corrected chi connectivity index (χ3v) is 6.49. The minimum absolute atomic E-state index is 0.0448. The first-order chi connectivity index (χ1) is 17.8. The average molecular weight is 566 g/mol. The van der Waals surface area contributed by atoms with Crippen LogP contribution in [-0.2, 0) is 11.3 Å². The monoisotopic (exact) mass is 565 g/mol. The van der Waals surface area contributed by atoms with Crippen LogP contribution >= 0.6 is 23.2 Å². The summed E-state index contributed by atoms with van der Waals surface area (Å²) < 4.78 is 50.0. The predicted octanol–water partition coefficient (Wildman–Crippen LogP) is 7.29. The molecule has 38 heavy (non-hydrogen) atoms. The maximum absolute atomic E-state index is 13.5. The Bertz CT molecular complexity index is 1530. The van der Waals surface area contributed by atoms with Crippen molar-refractivity contribution in [3.05, 3.63) is 93.1 Å². The van der Waals surface area contributed by atoms with Crippen LogP contribution in [-0.4, -0.2) is 33.9 Å². The van der Waals surface area contributed by atoms with E-state index >= 15 is 0 Å². The van der Waals surface area contributed by atoms with E-state index in [1.807, 2.05) is 0 Å². The predicted molar refractivity (Wildman–Crippen MR) is 137 cm³/mol. The van der Waals surface area contributed by atoms with Gasteiger partial charge in [0, 0.05) is 39.3 Å². The Hall–Kier alpha value is -3.69. The highest BCUT2D eigenvalue weighted by Crippen LogP contribution is 2.35. The number of alkyl halides is 3. The van der Waals surface area contributed by atoms with Gasteiger partial charge in [-0.25, -0.2) is 4.79 Å². The number of carboxylic acids is 1. The summed E-state index contributed by atoms with van der Waals surface area (Å²) in [5.41, 5.74) is 1.93. The molecule has 0 saturated carbocycles. The van der Waals surface area contributed by atoms with Gasteiger partial charge in [0.05, 0.1) is 11.1 Å². The van der Waals surface area contributed by atoms with Crippen molar-refractivity contribution in [3.8, 4) is 11.5 Å². The van der Waals surface area contributed by atoms with Crippen LogP contribution in [0.3, 0.4) is 0 Å². The number of hydrogen-bond acceptors (Lipinski definition) is 4. The first kappa shape index (κ1) is 27.3. The van der Waals surface area contributed by atoms with E-state index < -0.39 is 24.2 Å². The van der Waals surface area contributed by atoms with Crippen LogP contribution in [0.25, 0.3) is 10.9 Å². The fourth-order valence-corrected chi connectivity index (χ4v) is 4.36. The van der Waals surface area contributed by atoms with E-state index in [2.05, 4.69) is 4.74 Å². The number of nitrogens with zero attached hydrogens (tertiary/aromatic N) is 1. The minimum atomic E-state index is -4.90. The van der Waals surface area contributed by atoms with Crippen LogP contribution in [0.15, 0.2) is 60.7 Å². The lowest BCUT2D eigenvalue weighted by Crippen LogP contribution is -2.22. The molecule has 198 valence electrons. The molecule has 0 aliphatic heterocycles. The number of carboxylic acid groups (broad SMARTS) is 1. The zero-order chi connectivity index (χ0) is 27.8. The summed E-state index contributed by atoms with van der Waals surface area (Å²) in [6.07, 6.45) is -6.03. The van der Waals surface area contributed by atoms with Gasteiger partial charge in [0.25, 0.3) is 0 Å². The zero-order valence-corrected chi connectivity index (χ0v) is 21.5. The lowest BCUT2D eigenvalue weighted by Gasteiger charge is -2.15. The van der Waals surface area contributed by atoms with Crippen LogP contribution in [0, 0.1) is 6.92 Å². The molecule has 0 bridgehead atoms. The molecule has 6 nitrogen and oxygen atoms in total. The van der Waals surface area contributed by atoms with Gasteiger partial charge >= 0.3 is 12.3 Å². The van der Waals surface area contributed by atoms with Crippen molar-refractivity contribution in [1.29, 1.82) is 0 Å².